The third-order valence-corrected chi connectivity index (χ3v) is 3.34. The van der Waals surface area contributed by atoms with Crippen LogP contribution in [0.3, 0.4) is 0 Å². The van der Waals surface area contributed by atoms with Gasteiger partial charge >= 0.3 is 0 Å². The van der Waals surface area contributed by atoms with Gasteiger partial charge in [0.15, 0.2) is 5.16 Å². The third kappa shape index (κ3) is 5.35. The zero-order valence-electron chi connectivity index (χ0n) is 11.9. The number of hydrogen-bond donors (Lipinski definition) is 1. The topological polar surface area (TPSA) is 67.2 Å². The van der Waals surface area contributed by atoms with Crippen molar-refractivity contribution >= 4 is 23.9 Å². The van der Waals surface area contributed by atoms with Gasteiger partial charge in [-0.1, -0.05) is 42.1 Å². The zero-order valence-corrected chi connectivity index (χ0v) is 12.7. The summed E-state index contributed by atoms with van der Waals surface area (Å²) in [6, 6.07) is 11.5. The molecular formula is C15H16N4OS. The van der Waals surface area contributed by atoms with Crippen molar-refractivity contribution in [1.82, 2.24) is 15.4 Å². The first kappa shape index (κ1) is 15.2. The molecule has 1 heterocycles. The van der Waals surface area contributed by atoms with Crippen LogP contribution < -0.4 is 5.43 Å². The molecule has 0 fully saturated rings. The summed E-state index contributed by atoms with van der Waals surface area (Å²) in [6.45, 7) is 3.81. The summed E-state index contributed by atoms with van der Waals surface area (Å²) in [4.78, 5) is 20.2. The number of nitrogens with zero attached hydrogens (tertiary/aromatic N) is 3. The summed E-state index contributed by atoms with van der Waals surface area (Å²) in [6.07, 6.45) is 1.61. The summed E-state index contributed by atoms with van der Waals surface area (Å²) in [5.41, 5.74) is 5.21. The second-order valence-electron chi connectivity index (χ2n) is 4.43. The molecule has 1 amide bonds. The van der Waals surface area contributed by atoms with E-state index in [-0.39, 0.29) is 11.7 Å². The van der Waals surface area contributed by atoms with Crippen LogP contribution in [0.25, 0.3) is 0 Å². The second-order valence-corrected chi connectivity index (χ2v) is 5.37. The molecule has 2 aromatic rings. The SMILES string of the molecule is Cc1cc(C)nc(SCC(=O)N/N=C\c2ccccc2)n1. The van der Waals surface area contributed by atoms with E-state index in [1.54, 1.807) is 6.21 Å². The van der Waals surface area contributed by atoms with E-state index in [1.807, 2.05) is 50.2 Å². The zero-order chi connectivity index (χ0) is 15.1. The van der Waals surface area contributed by atoms with E-state index in [1.165, 1.54) is 11.8 Å². The average molecular weight is 300 g/mol. The number of amides is 1. The highest BCUT2D eigenvalue weighted by molar-refractivity contribution is 7.99. The number of rotatable bonds is 5. The summed E-state index contributed by atoms with van der Waals surface area (Å²) >= 11 is 1.29. The predicted molar refractivity (Wildman–Crippen MR) is 84.4 cm³/mol. The van der Waals surface area contributed by atoms with Gasteiger partial charge in [0.25, 0.3) is 5.91 Å². The fourth-order valence-corrected chi connectivity index (χ4v) is 2.38. The van der Waals surface area contributed by atoms with Gasteiger partial charge in [0, 0.05) is 11.4 Å². The molecule has 0 saturated heterocycles. The molecule has 0 saturated carbocycles. The Balaban J connectivity index is 1.81. The van der Waals surface area contributed by atoms with E-state index in [0.717, 1.165) is 17.0 Å². The molecule has 0 aliphatic heterocycles. The van der Waals surface area contributed by atoms with Crippen molar-refractivity contribution in [3.8, 4) is 0 Å². The summed E-state index contributed by atoms with van der Waals surface area (Å²) in [7, 11) is 0. The van der Waals surface area contributed by atoms with E-state index in [4.69, 9.17) is 0 Å². The van der Waals surface area contributed by atoms with Gasteiger partial charge in [0.2, 0.25) is 0 Å². The minimum absolute atomic E-state index is 0.185. The molecule has 0 spiro atoms. The van der Waals surface area contributed by atoms with Crippen molar-refractivity contribution in [2.75, 3.05) is 5.75 Å². The Kier molecular flexibility index (Phi) is 5.45. The van der Waals surface area contributed by atoms with Gasteiger partial charge in [-0.2, -0.15) is 5.10 Å². The van der Waals surface area contributed by atoms with Crippen LogP contribution in [0, 0.1) is 13.8 Å². The highest BCUT2D eigenvalue weighted by Crippen LogP contribution is 2.13. The Morgan fingerprint density at radius 2 is 1.90 bits per heavy atom. The fraction of sp³-hybridized carbons (Fsp3) is 0.200. The summed E-state index contributed by atoms with van der Waals surface area (Å²) < 4.78 is 0. The van der Waals surface area contributed by atoms with Crippen LogP contribution in [0.5, 0.6) is 0 Å². The van der Waals surface area contributed by atoms with Crippen molar-refractivity contribution < 1.29 is 4.79 Å². The van der Waals surface area contributed by atoms with Gasteiger partial charge in [0.05, 0.1) is 12.0 Å². The maximum absolute atomic E-state index is 11.7. The number of carbonyl (C=O) groups is 1. The molecular weight excluding hydrogens is 284 g/mol. The number of benzene rings is 1. The predicted octanol–water partition coefficient (Wildman–Crippen LogP) is 2.34. The first-order valence-corrected chi connectivity index (χ1v) is 7.44. The smallest absolute Gasteiger partial charge is 0.250 e. The number of aromatic nitrogens is 2. The lowest BCUT2D eigenvalue weighted by Crippen LogP contribution is -2.19. The minimum atomic E-state index is -0.185. The lowest BCUT2D eigenvalue weighted by Gasteiger charge is -2.02. The Morgan fingerprint density at radius 1 is 1.24 bits per heavy atom. The van der Waals surface area contributed by atoms with Gasteiger partial charge in [0.1, 0.15) is 0 Å². The molecule has 0 atom stereocenters. The molecule has 21 heavy (non-hydrogen) atoms. The van der Waals surface area contributed by atoms with Crippen LogP contribution in [0.15, 0.2) is 46.7 Å². The average Bonchev–Trinajstić information content (AvgIpc) is 2.45. The summed E-state index contributed by atoms with van der Waals surface area (Å²) in [5.74, 6) is 0.0459. The maximum atomic E-state index is 11.7. The highest BCUT2D eigenvalue weighted by Gasteiger charge is 2.05. The largest absolute Gasteiger partial charge is 0.272 e. The Labute approximate surface area is 127 Å². The van der Waals surface area contributed by atoms with E-state index in [2.05, 4.69) is 20.5 Å². The number of thioether (sulfide) groups is 1. The first-order valence-electron chi connectivity index (χ1n) is 6.45. The molecule has 0 unspecified atom stereocenters. The molecule has 1 aromatic carbocycles. The number of aryl methyl sites for hydroxylation is 2. The maximum Gasteiger partial charge on any atom is 0.250 e. The molecule has 0 radical (unpaired) electrons. The Bertz CT molecular complexity index is 623. The normalized spacial score (nSPS) is 10.8. The van der Waals surface area contributed by atoms with Gasteiger partial charge in [-0.3, -0.25) is 4.79 Å². The number of hydrazone groups is 1. The monoisotopic (exact) mass is 300 g/mol. The van der Waals surface area contributed by atoms with Crippen molar-refractivity contribution in [2.45, 2.75) is 19.0 Å². The number of nitrogens with one attached hydrogen (secondary N) is 1. The first-order chi connectivity index (χ1) is 10.1. The van der Waals surface area contributed by atoms with Gasteiger partial charge in [-0.25, -0.2) is 15.4 Å². The molecule has 0 aliphatic carbocycles. The molecule has 2 rings (SSSR count). The van der Waals surface area contributed by atoms with Gasteiger partial charge < -0.3 is 0 Å². The van der Waals surface area contributed by atoms with Crippen molar-refractivity contribution in [3.63, 3.8) is 0 Å². The Hall–Kier alpha value is -2.21. The van der Waals surface area contributed by atoms with Gasteiger partial charge in [-0.15, -0.1) is 0 Å². The van der Waals surface area contributed by atoms with E-state index in [9.17, 15) is 4.79 Å². The second kappa shape index (κ2) is 7.54. The fourth-order valence-electron chi connectivity index (χ4n) is 1.64. The Morgan fingerprint density at radius 3 is 2.57 bits per heavy atom. The highest BCUT2D eigenvalue weighted by atomic mass is 32.2. The van der Waals surface area contributed by atoms with Crippen LogP contribution >= 0.6 is 11.8 Å². The van der Waals surface area contributed by atoms with Crippen molar-refractivity contribution in [2.24, 2.45) is 5.10 Å². The molecule has 1 N–H and O–H groups in total. The number of carbonyl (C=O) groups excluding carboxylic acids is 1. The third-order valence-electron chi connectivity index (χ3n) is 2.50. The lowest BCUT2D eigenvalue weighted by atomic mass is 10.2. The van der Waals surface area contributed by atoms with E-state index >= 15 is 0 Å². The minimum Gasteiger partial charge on any atom is -0.272 e. The molecule has 0 bridgehead atoms. The van der Waals surface area contributed by atoms with Crippen LogP contribution in [-0.2, 0) is 4.79 Å². The quantitative estimate of drug-likeness (QED) is 0.398. The lowest BCUT2D eigenvalue weighted by molar-refractivity contribution is -0.118. The molecule has 6 heteroatoms. The van der Waals surface area contributed by atoms with Crippen LogP contribution in [0.1, 0.15) is 17.0 Å². The van der Waals surface area contributed by atoms with Gasteiger partial charge in [-0.05, 0) is 25.5 Å². The standard InChI is InChI=1S/C15H16N4OS/c1-11-8-12(2)18-15(17-11)21-10-14(20)19-16-9-13-6-4-3-5-7-13/h3-9H,10H2,1-2H3,(H,19,20)/b16-9-. The molecule has 108 valence electrons. The van der Waals surface area contributed by atoms with E-state index < -0.39 is 0 Å². The van der Waals surface area contributed by atoms with Crippen molar-refractivity contribution in [1.29, 1.82) is 0 Å². The van der Waals surface area contributed by atoms with Crippen molar-refractivity contribution in [3.05, 3.63) is 53.3 Å². The summed E-state index contributed by atoms with van der Waals surface area (Å²) in [5, 5.41) is 4.52. The van der Waals surface area contributed by atoms with E-state index in [0.29, 0.717) is 5.16 Å². The van der Waals surface area contributed by atoms with Crippen LogP contribution in [0.2, 0.25) is 0 Å². The van der Waals surface area contributed by atoms with Crippen LogP contribution in [0.4, 0.5) is 0 Å². The molecule has 5 nitrogen and oxygen atoms in total. The molecule has 0 aliphatic rings. The molecule has 1 aromatic heterocycles. The van der Waals surface area contributed by atoms with Crippen LogP contribution in [-0.4, -0.2) is 27.8 Å². The number of hydrogen-bond acceptors (Lipinski definition) is 5.